The van der Waals surface area contributed by atoms with Gasteiger partial charge in [0.2, 0.25) is 21.9 Å². The number of ether oxygens (including phenoxy) is 2. The van der Waals surface area contributed by atoms with Crippen LogP contribution in [0.1, 0.15) is 50.3 Å². The summed E-state index contributed by atoms with van der Waals surface area (Å²) in [5, 5.41) is 13.3. The van der Waals surface area contributed by atoms with Crippen molar-refractivity contribution in [3.63, 3.8) is 0 Å². The summed E-state index contributed by atoms with van der Waals surface area (Å²) in [5.74, 6) is -0.264. The van der Waals surface area contributed by atoms with Gasteiger partial charge in [-0.1, -0.05) is 24.3 Å². The SMILES string of the molecule is Cc1ccc2c(NS(=O)(=O)Cc3cccc(C#N)c3)c(F)ccc2c1Oc1ncccc1-c1ccnc(N[C@H]2CCCN(C(=O)OC(C)(C)C)C2)n1. The van der Waals surface area contributed by atoms with E-state index in [4.69, 9.17) is 14.5 Å². The Labute approximate surface area is 301 Å². The molecule has 14 heteroatoms. The van der Waals surface area contributed by atoms with Crippen LogP contribution in [-0.4, -0.2) is 59.1 Å². The molecule has 0 saturated carbocycles. The van der Waals surface area contributed by atoms with Crippen LogP contribution < -0.4 is 14.8 Å². The average Bonchev–Trinajstić information content (AvgIpc) is 3.10. The number of pyridine rings is 1. The van der Waals surface area contributed by atoms with Crippen molar-refractivity contribution in [2.24, 2.45) is 0 Å². The number of halogens is 1. The maximum atomic E-state index is 15.3. The Bertz CT molecular complexity index is 2290. The Hall–Kier alpha value is -5.81. The van der Waals surface area contributed by atoms with Gasteiger partial charge in [-0.3, -0.25) is 4.72 Å². The van der Waals surface area contributed by atoms with E-state index in [9.17, 15) is 18.5 Å². The highest BCUT2D eigenvalue weighted by Crippen LogP contribution is 2.40. The zero-order chi connectivity index (χ0) is 37.0. The molecule has 12 nitrogen and oxygen atoms in total. The third-order valence-electron chi connectivity index (χ3n) is 8.28. The van der Waals surface area contributed by atoms with Gasteiger partial charge in [-0.15, -0.1) is 0 Å². The molecule has 1 fully saturated rings. The number of fused-ring (bicyclic) bond motifs is 1. The Morgan fingerprint density at radius 3 is 2.65 bits per heavy atom. The summed E-state index contributed by atoms with van der Waals surface area (Å²) in [6, 6.07) is 19.5. The van der Waals surface area contributed by atoms with Gasteiger partial charge < -0.3 is 19.7 Å². The first-order valence-corrected chi connectivity index (χ1v) is 18.4. The quantitative estimate of drug-likeness (QED) is 0.155. The number of carbonyl (C=O) groups excluding carboxylic acids is 1. The molecule has 1 aliphatic heterocycles. The molecule has 1 aliphatic rings. The third-order valence-corrected chi connectivity index (χ3v) is 9.50. The van der Waals surface area contributed by atoms with Crippen molar-refractivity contribution in [2.75, 3.05) is 23.1 Å². The van der Waals surface area contributed by atoms with Crippen LogP contribution in [0.4, 0.5) is 20.8 Å². The monoisotopic (exact) mass is 723 g/mol. The molecule has 0 radical (unpaired) electrons. The molecule has 0 aliphatic carbocycles. The number of carbonyl (C=O) groups is 1. The molecule has 0 unspecified atom stereocenters. The number of anilines is 2. The first-order valence-electron chi connectivity index (χ1n) is 16.7. The molecule has 0 bridgehead atoms. The third kappa shape index (κ3) is 8.55. The van der Waals surface area contributed by atoms with Crippen molar-refractivity contribution in [2.45, 2.75) is 57.9 Å². The zero-order valence-electron chi connectivity index (χ0n) is 29.2. The minimum Gasteiger partial charge on any atom is -0.444 e. The fourth-order valence-corrected chi connectivity index (χ4v) is 7.16. The maximum absolute atomic E-state index is 15.3. The number of rotatable bonds is 9. The van der Waals surface area contributed by atoms with Crippen molar-refractivity contribution in [3.05, 3.63) is 102 Å². The molecule has 2 aromatic heterocycles. The number of hydrogen-bond donors (Lipinski definition) is 2. The van der Waals surface area contributed by atoms with Crippen molar-refractivity contribution in [1.82, 2.24) is 19.9 Å². The molecular formula is C38H38FN7O5S. The van der Waals surface area contributed by atoms with Gasteiger partial charge in [0.1, 0.15) is 17.2 Å². The number of benzene rings is 3. The second-order valence-electron chi connectivity index (χ2n) is 13.5. The van der Waals surface area contributed by atoms with E-state index < -0.39 is 27.2 Å². The Kier molecular flexibility index (Phi) is 10.3. The molecule has 0 spiro atoms. The molecule has 1 saturated heterocycles. The summed E-state index contributed by atoms with van der Waals surface area (Å²) < 4.78 is 56.2. The number of aryl methyl sites for hydroxylation is 1. The topological polar surface area (TPSA) is 159 Å². The van der Waals surface area contributed by atoms with Crippen LogP contribution in [-0.2, 0) is 20.5 Å². The van der Waals surface area contributed by atoms with E-state index in [0.717, 1.165) is 12.8 Å². The fourth-order valence-electron chi connectivity index (χ4n) is 5.95. The molecule has 1 atom stereocenters. The van der Waals surface area contributed by atoms with Crippen LogP contribution in [0.15, 0.2) is 79.1 Å². The molecular weight excluding hydrogens is 686 g/mol. The van der Waals surface area contributed by atoms with Gasteiger partial charge >= 0.3 is 6.09 Å². The molecule has 52 heavy (non-hydrogen) atoms. The van der Waals surface area contributed by atoms with E-state index in [1.165, 1.54) is 18.2 Å². The van der Waals surface area contributed by atoms with Gasteiger partial charge in [0, 0.05) is 42.3 Å². The summed E-state index contributed by atoms with van der Waals surface area (Å²) in [6.07, 6.45) is 4.46. The number of likely N-dealkylation sites (tertiary alicyclic amines) is 1. The molecule has 5 aromatic rings. The van der Waals surface area contributed by atoms with E-state index in [-0.39, 0.29) is 29.1 Å². The van der Waals surface area contributed by atoms with E-state index in [1.807, 2.05) is 33.8 Å². The first kappa shape index (κ1) is 36.0. The zero-order valence-corrected chi connectivity index (χ0v) is 30.0. The Balaban J connectivity index is 1.25. The van der Waals surface area contributed by atoms with Crippen LogP contribution in [0, 0.1) is 24.1 Å². The van der Waals surface area contributed by atoms with Gasteiger partial charge in [0.25, 0.3) is 0 Å². The highest BCUT2D eigenvalue weighted by molar-refractivity contribution is 7.91. The number of nitrogens with zero attached hydrogens (tertiary/aromatic N) is 5. The van der Waals surface area contributed by atoms with Crippen LogP contribution in [0.25, 0.3) is 22.0 Å². The van der Waals surface area contributed by atoms with Crippen molar-refractivity contribution in [3.8, 4) is 29.0 Å². The van der Waals surface area contributed by atoms with Gasteiger partial charge in [-0.2, -0.15) is 5.26 Å². The standard InChI is InChI=1S/C38H38FN7O5S/c1-24-12-13-28-29(14-15-31(39)33(28)45-52(48,49)23-26-9-5-8-25(20-26)21-40)34(24)50-35-30(11-6-17-41-35)32-16-18-42-36(44-32)43-27-10-7-19-46(22-27)37(47)51-38(2,3)4/h5-6,8-9,11-18,20,27,45H,7,10,19,22-23H2,1-4H3,(H,42,43,44)/t27-/m0/s1. The summed E-state index contributed by atoms with van der Waals surface area (Å²) in [5.41, 5.74) is 1.69. The summed E-state index contributed by atoms with van der Waals surface area (Å²) >= 11 is 0. The predicted octanol–water partition coefficient (Wildman–Crippen LogP) is 7.56. The molecule has 1 amide bonds. The highest BCUT2D eigenvalue weighted by atomic mass is 32.2. The molecule has 268 valence electrons. The number of aromatic nitrogens is 3. The molecule has 3 aromatic carbocycles. The van der Waals surface area contributed by atoms with Crippen molar-refractivity contribution < 1.29 is 27.1 Å². The highest BCUT2D eigenvalue weighted by Gasteiger charge is 2.28. The summed E-state index contributed by atoms with van der Waals surface area (Å²) in [6.45, 7) is 8.39. The number of hydrogen-bond acceptors (Lipinski definition) is 10. The number of amides is 1. The van der Waals surface area contributed by atoms with Crippen LogP contribution in [0.3, 0.4) is 0 Å². The lowest BCUT2D eigenvalue weighted by molar-refractivity contribution is 0.0206. The van der Waals surface area contributed by atoms with Crippen LogP contribution in [0.5, 0.6) is 11.6 Å². The normalized spacial score (nSPS) is 14.8. The second-order valence-corrected chi connectivity index (χ2v) is 15.3. The Morgan fingerprint density at radius 1 is 1.06 bits per heavy atom. The van der Waals surface area contributed by atoms with E-state index in [0.29, 0.717) is 58.1 Å². The van der Waals surface area contributed by atoms with Gasteiger partial charge in [0.15, 0.2) is 0 Å². The summed E-state index contributed by atoms with van der Waals surface area (Å²) in [7, 11) is -4.08. The summed E-state index contributed by atoms with van der Waals surface area (Å²) in [4.78, 5) is 28.0. The maximum Gasteiger partial charge on any atom is 0.410 e. The second kappa shape index (κ2) is 14.8. The lowest BCUT2D eigenvalue weighted by atomic mass is 10.0. The molecule has 6 rings (SSSR count). The van der Waals surface area contributed by atoms with Crippen molar-refractivity contribution >= 4 is 38.5 Å². The molecule has 2 N–H and O–H groups in total. The van der Waals surface area contributed by atoms with Crippen LogP contribution >= 0.6 is 0 Å². The van der Waals surface area contributed by atoms with Gasteiger partial charge in [-0.25, -0.2) is 32.6 Å². The van der Waals surface area contributed by atoms with E-state index in [2.05, 4.69) is 20.0 Å². The largest absolute Gasteiger partial charge is 0.444 e. The number of nitriles is 1. The number of nitrogens with one attached hydrogen (secondary N) is 2. The lowest BCUT2D eigenvalue weighted by Crippen LogP contribution is -2.47. The lowest BCUT2D eigenvalue weighted by Gasteiger charge is -2.34. The van der Waals surface area contributed by atoms with E-state index >= 15 is 4.39 Å². The fraction of sp³-hybridized carbons (Fsp3) is 0.289. The Morgan fingerprint density at radius 2 is 1.87 bits per heavy atom. The average molecular weight is 724 g/mol. The predicted molar refractivity (Wildman–Crippen MR) is 196 cm³/mol. The molecule has 3 heterocycles. The number of sulfonamides is 1. The van der Waals surface area contributed by atoms with E-state index in [1.54, 1.807) is 65.8 Å². The van der Waals surface area contributed by atoms with Gasteiger partial charge in [0.05, 0.1) is 34.3 Å². The minimum atomic E-state index is -4.08. The number of piperidine rings is 1. The smallest absolute Gasteiger partial charge is 0.410 e. The van der Waals surface area contributed by atoms with Crippen molar-refractivity contribution in [1.29, 1.82) is 5.26 Å². The van der Waals surface area contributed by atoms with Gasteiger partial charge in [-0.05, 0) is 94.1 Å². The van der Waals surface area contributed by atoms with Crippen LogP contribution in [0.2, 0.25) is 0 Å². The first-order chi connectivity index (χ1) is 24.8. The minimum absolute atomic E-state index is 0.0887.